The summed E-state index contributed by atoms with van der Waals surface area (Å²) in [7, 11) is 0. The number of benzene rings is 1. The Kier molecular flexibility index (Phi) is 2.00. The first-order valence-corrected chi connectivity index (χ1v) is 5.73. The van der Waals surface area contributed by atoms with Crippen LogP contribution < -0.4 is 15.2 Å². The molecule has 2 heterocycles. The molecule has 0 fully saturated rings. The van der Waals surface area contributed by atoms with E-state index in [0.717, 1.165) is 28.3 Å². The summed E-state index contributed by atoms with van der Waals surface area (Å²) in [6.45, 7) is 2.31. The number of aryl methyl sites for hydroxylation is 1. The lowest BCUT2D eigenvalue weighted by molar-refractivity contribution is 0.174. The van der Waals surface area contributed by atoms with Gasteiger partial charge in [-0.25, -0.2) is 4.98 Å². The molecule has 0 unspecified atom stereocenters. The maximum Gasteiger partial charge on any atom is 0.231 e. The molecule has 1 aliphatic heterocycles. The van der Waals surface area contributed by atoms with Gasteiger partial charge in [0.1, 0.15) is 0 Å². The first-order chi connectivity index (χ1) is 7.74. The number of fused-ring (bicyclic) bond motifs is 1. The fraction of sp³-hybridized carbons (Fsp3) is 0.182. The zero-order valence-electron chi connectivity index (χ0n) is 8.69. The molecule has 0 amide bonds. The van der Waals surface area contributed by atoms with Crippen LogP contribution >= 0.6 is 11.3 Å². The van der Waals surface area contributed by atoms with Crippen molar-refractivity contribution in [1.29, 1.82) is 0 Å². The van der Waals surface area contributed by atoms with E-state index in [2.05, 4.69) is 4.98 Å². The number of hydrogen-bond donors (Lipinski definition) is 1. The van der Waals surface area contributed by atoms with Crippen LogP contribution in [0.4, 0.5) is 5.13 Å². The van der Waals surface area contributed by atoms with Crippen molar-refractivity contribution in [2.45, 2.75) is 6.92 Å². The van der Waals surface area contributed by atoms with Crippen molar-refractivity contribution in [3.05, 3.63) is 23.1 Å². The monoisotopic (exact) mass is 234 g/mol. The van der Waals surface area contributed by atoms with Gasteiger partial charge in [-0.1, -0.05) is 0 Å². The van der Waals surface area contributed by atoms with Crippen molar-refractivity contribution in [2.75, 3.05) is 12.5 Å². The lowest BCUT2D eigenvalue weighted by Crippen LogP contribution is -1.92. The molecular formula is C11H10N2O2S. The van der Waals surface area contributed by atoms with Crippen molar-refractivity contribution in [2.24, 2.45) is 0 Å². The second-order valence-corrected chi connectivity index (χ2v) is 4.48. The van der Waals surface area contributed by atoms with Crippen LogP contribution in [0.15, 0.2) is 17.5 Å². The fourth-order valence-corrected chi connectivity index (χ4v) is 2.29. The lowest BCUT2D eigenvalue weighted by atomic mass is 10.1. The number of anilines is 1. The number of thiazole rings is 1. The topological polar surface area (TPSA) is 57.4 Å². The predicted molar refractivity (Wildman–Crippen MR) is 62.8 cm³/mol. The van der Waals surface area contributed by atoms with Crippen molar-refractivity contribution >= 4 is 16.5 Å². The standard InChI is InChI=1S/C11H10N2O2S/c1-6-2-9-10(15-5-14-9)3-7(6)8-4-16-11(12)13-8/h2-4H,5H2,1H3,(H2,12,13). The van der Waals surface area contributed by atoms with E-state index in [1.165, 1.54) is 11.3 Å². The Balaban J connectivity index is 2.14. The Hall–Kier alpha value is -1.75. The van der Waals surface area contributed by atoms with E-state index >= 15 is 0 Å². The van der Waals surface area contributed by atoms with E-state index in [4.69, 9.17) is 15.2 Å². The van der Waals surface area contributed by atoms with Crippen LogP contribution in [0.5, 0.6) is 11.5 Å². The number of rotatable bonds is 1. The summed E-state index contributed by atoms with van der Waals surface area (Å²) >= 11 is 1.44. The summed E-state index contributed by atoms with van der Waals surface area (Å²) < 4.78 is 10.7. The van der Waals surface area contributed by atoms with Gasteiger partial charge in [-0.05, 0) is 24.6 Å². The molecule has 0 saturated carbocycles. The molecule has 0 bridgehead atoms. The predicted octanol–water partition coefficient (Wildman–Crippen LogP) is 2.43. The highest BCUT2D eigenvalue weighted by Crippen LogP contribution is 2.38. The summed E-state index contributed by atoms with van der Waals surface area (Å²) in [6, 6.07) is 3.92. The van der Waals surface area contributed by atoms with Gasteiger partial charge in [0, 0.05) is 10.9 Å². The van der Waals surface area contributed by atoms with Gasteiger partial charge in [-0.15, -0.1) is 11.3 Å². The molecule has 2 aromatic rings. The molecule has 1 aromatic carbocycles. The van der Waals surface area contributed by atoms with Gasteiger partial charge in [-0.3, -0.25) is 0 Å². The first-order valence-electron chi connectivity index (χ1n) is 4.85. The van der Waals surface area contributed by atoms with Gasteiger partial charge < -0.3 is 15.2 Å². The quantitative estimate of drug-likeness (QED) is 0.823. The fourth-order valence-electron chi connectivity index (χ4n) is 1.73. The molecule has 0 radical (unpaired) electrons. The average Bonchev–Trinajstić information content (AvgIpc) is 2.84. The van der Waals surface area contributed by atoms with Crippen molar-refractivity contribution < 1.29 is 9.47 Å². The van der Waals surface area contributed by atoms with E-state index in [1.807, 2.05) is 24.4 Å². The minimum atomic E-state index is 0.289. The van der Waals surface area contributed by atoms with Crippen molar-refractivity contribution in [3.63, 3.8) is 0 Å². The third-order valence-corrected chi connectivity index (χ3v) is 3.19. The highest BCUT2D eigenvalue weighted by atomic mass is 32.1. The molecule has 0 atom stereocenters. The van der Waals surface area contributed by atoms with Gasteiger partial charge in [0.05, 0.1) is 5.69 Å². The molecule has 3 rings (SSSR count). The summed E-state index contributed by atoms with van der Waals surface area (Å²) in [5.41, 5.74) is 8.66. The second kappa shape index (κ2) is 3.38. The molecule has 2 N–H and O–H groups in total. The number of ether oxygens (including phenoxy) is 2. The Morgan fingerprint density at radius 2 is 2.06 bits per heavy atom. The van der Waals surface area contributed by atoms with Crippen LogP contribution in [-0.4, -0.2) is 11.8 Å². The third kappa shape index (κ3) is 1.40. The van der Waals surface area contributed by atoms with E-state index in [-0.39, 0.29) is 6.79 Å². The average molecular weight is 234 g/mol. The molecule has 4 nitrogen and oxygen atoms in total. The Morgan fingerprint density at radius 1 is 1.31 bits per heavy atom. The van der Waals surface area contributed by atoms with Crippen molar-refractivity contribution in [3.8, 4) is 22.8 Å². The summed E-state index contributed by atoms with van der Waals surface area (Å²) in [6.07, 6.45) is 0. The summed E-state index contributed by atoms with van der Waals surface area (Å²) in [5.74, 6) is 1.57. The Labute approximate surface area is 96.6 Å². The minimum absolute atomic E-state index is 0.289. The molecule has 0 aliphatic carbocycles. The van der Waals surface area contributed by atoms with Gasteiger partial charge in [0.15, 0.2) is 16.6 Å². The number of hydrogen-bond acceptors (Lipinski definition) is 5. The van der Waals surface area contributed by atoms with Gasteiger partial charge in [0.25, 0.3) is 0 Å². The molecule has 82 valence electrons. The SMILES string of the molecule is Cc1cc2c(cc1-c1csc(N)n1)OCO2. The van der Waals surface area contributed by atoms with Gasteiger partial charge in [-0.2, -0.15) is 0 Å². The Bertz CT molecular complexity index is 551. The molecule has 1 aliphatic rings. The smallest absolute Gasteiger partial charge is 0.231 e. The van der Waals surface area contributed by atoms with Crippen LogP contribution in [0.1, 0.15) is 5.56 Å². The maximum absolute atomic E-state index is 5.63. The molecular weight excluding hydrogens is 224 g/mol. The molecule has 16 heavy (non-hydrogen) atoms. The summed E-state index contributed by atoms with van der Waals surface area (Å²) in [4.78, 5) is 4.27. The second-order valence-electron chi connectivity index (χ2n) is 3.59. The van der Waals surface area contributed by atoms with Crippen LogP contribution in [0.25, 0.3) is 11.3 Å². The Morgan fingerprint density at radius 3 is 2.75 bits per heavy atom. The molecule has 0 spiro atoms. The number of nitrogen functional groups attached to an aromatic ring is 1. The van der Waals surface area contributed by atoms with Crippen LogP contribution in [0, 0.1) is 6.92 Å². The minimum Gasteiger partial charge on any atom is -0.454 e. The first kappa shape index (κ1) is 9.47. The van der Waals surface area contributed by atoms with Gasteiger partial charge in [0.2, 0.25) is 6.79 Å². The highest BCUT2D eigenvalue weighted by molar-refractivity contribution is 7.13. The maximum atomic E-state index is 5.63. The number of aromatic nitrogens is 1. The van der Waals surface area contributed by atoms with Crippen molar-refractivity contribution in [1.82, 2.24) is 4.98 Å². The van der Waals surface area contributed by atoms with Crippen LogP contribution in [0.3, 0.4) is 0 Å². The number of nitrogens with zero attached hydrogens (tertiary/aromatic N) is 1. The molecule has 5 heteroatoms. The summed E-state index contributed by atoms with van der Waals surface area (Å²) in [5, 5.41) is 2.52. The van der Waals surface area contributed by atoms with E-state index in [0.29, 0.717) is 5.13 Å². The third-order valence-electron chi connectivity index (χ3n) is 2.52. The molecule has 1 aromatic heterocycles. The highest BCUT2D eigenvalue weighted by Gasteiger charge is 2.17. The lowest BCUT2D eigenvalue weighted by Gasteiger charge is -2.04. The van der Waals surface area contributed by atoms with E-state index in [9.17, 15) is 0 Å². The largest absolute Gasteiger partial charge is 0.454 e. The van der Waals surface area contributed by atoms with E-state index in [1.54, 1.807) is 0 Å². The van der Waals surface area contributed by atoms with E-state index < -0.39 is 0 Å². The van der Waals surface area contributed by atoms with Crippen LogP contribution in [-0.2, 0) is 0 Å². The van der Waals surface area contributed by atoms with Crippen LogP contribution in [0.2, 0.25) is 0 Å². The van der Waals surface area contributed by atoms with Gasteiger partial charge >= 0.3 is 0 Å². The molecule has 0 saturated heterocycles. The normalized spacial score (nSPS) is 13.1. The zero-order valence-corrected chi connectivity index (χ0v) is 9.50. The zero-order chi connectivity index (χ0) is 11.1. The number of nitrogens with two attached hydrogens (primary N) is 1.